The Morgan fingerprint density at radius 2 is 1.90 bits per heavy atom. The highest BCUT2D eigenvalue weighted by molar-refractivity contribution is 5.83. The smallest absolute Gasteiger partial charge is 0.248 e. The van der Waals surface area contributed by atoms with Gasteiger partial charge in [0.05, 0.1) is 12.8 Å². The SMILES string of the molecule is COc1ccc(-c2c(C)nn3c(NC(C)c4nc(C)no4)cc(C)nc23)c(C)c1. The van der Waals surface area contributed by atoms with E-state index in [0.717, 1.165) is 45.3 Å². The normalized spacial score (nSPS) is 12.3. The van der Waals surface area contributed by atoms with Crippen LogP contribution in [0.3, 0.4) is 0 Å². The quantitative estimate of drug-likeness (QED) is 0.544. The summed E-state index contributed by atoms with van der Waals surface area (Å²) in [5.41, 5.74) is 5.80. The molecule has 0 spiro atoms. The first-order valence-electron chi connectivity index (χ1n) is 9.46. The molecule has 0 aliphatic heterocycles. The number of hydrogen-bond donors (Lipinski definition) is 1. The van der Waals surface area contributed by atoms with Gasteiger partial charge in [0, 0.05) is 17.3 Å². The van der Waals surface area contributed by atoms with Crippen molar-refractivity contribution in [1.29, 1.82) is 0 Å². The van der Waals surface area contributed by atoms with Crippen molar-refractivity contribution in [2.24, 2.45) is 0 Å². The molecule has 0 saturated carbocycles. The molecule has 0 aliphatic carbocycles. The minimum absolute atomic E-state index is 0.170. The van der Waals surface area contributed by atoms with Crippen LogP contribution in [0.5, 0.6) is 5.75 Å². The zero-order valence-electron chi connectivity index (χ0n) is 17.4. The van der Waals surface area contributed by atoms with E-state index in [1.807, 2.05) is 43.5 Å². The van der Waals surface area contributed by atoms with Crippen molar-refractivity contribution in [3.05, 3.63) is 52.9 Å². The van der Waals surface area contributed by atoms with Crippen LogP contribution in [0.4, 0.5) is 5.82 Å². The van der Waals surface area contributed by atoms with Crippen LogP contribution in [-0.2, 0) is 0 Å². The van der Waals surface area contributed by atoms with Gasteiger partial charge in [-0.3, -0.25) is 0 Å². The van der Waals surface area contributed by atoms with Crippen molar-refractivity contribution in [2.75, 3.05) is 12.4 Å². The third-order valence-corrected chi connectivity index (χ3v) is 4.87. The number of nitrogens with zero attached hydrogens (tertiary/aromatic N) is 5. The first kappa shape index (κ1) is 18.9. The number of ether oxygens (including phenoxy) is 1. The first-order chi connectivity index (χ1) is 13.9. The van der Waals surface area contributed by atoms with Gasteiger partial charge in [0.1, 0.15) is 17.6 Å². The molecule has 150 valence electrons. The summed E-state index contributed by atoms with van der Waals surface area (Å²) in [6.07, 6.45) is 0. The lowest BCUT2D eigenvalue weighted by Crippen LogP contribution is -2.11. The van der Waals surface area contributed by atoms with Crippen LogP contribution in [0.1, 0.15) is 41.6 Å². The Labute approximate surface area is 168 Å². The Morgan fingerprint density at radius 1 is 1.10 bits per heavy atom. The van der Waals surface area contributed by atoms with Crippen LogP contribution in [0.25, 0.3) is 16.8 Å². The van der Waals surface area contributed by atoms with Gasteiger partial charge < -0.3 is 14.6 Å². The number of fused-ring (bicyclic) bond motifs is 1. The molecule has 4 aromatic rings. The van der Waals surface area contributed by atoms with E-state index in [1.165, 1.54) is 0 Å². The van der Waals surface area contributed by atoms with E-state index in [0.29, 0.717) is 11.7 Å². The zero-order chi connectivity index (χ0) is 20.7. The van der Waals surface area contributed by atoms with Gasteiger partial charge in [0.2, 0.25) is 5.89 Å². The highest BCUT2D eigenvalue weighted by atomic mass is 16.5. The molecule has 1 N–H and O–H groups in total. The van der Waals surface area contributed by atoms with Crippen molar-refractivity contribution in [3.63, 3.8) is 0 Å². The maximum atomic E-state index is 5.34. The van der Waals surface area contributed by atoms with E-state index in [-0.39, 0.29) is 6.04 Å². The van der Waals surface area contributed by atoms with Gasteiger partial charge in [-0.2, -0.15) is 14.6 Å². The summed E-state index contributed by atoms with van der Waals surface area (Å²) < 4.78 is 12.5. The molecule has 0 saturated heterocycles. The Morgan fingerprint density at radius 3 is 2.55 bits per heavy atom. The van der Waals surface area contributed by atoms with Crippen molar-refractivity contribution in [1.82, 2.24) is 24.7 Å². The Bertz CT molecular complexity index is 1190. The molecule has 0 radical (unpaired) electrons. The average Bonchev–Trinajstić information content (AvgIpc) is 3.25. The van der Waals surface area contributed by atoms with Gasteiger partial charge in [-0.25, -0.2) is 4.98 Å². The Kier molecular flexibility index (Phi) is 4.70. The maximum Gasteiger partial charge on any atom is 0.248 e. The topological polar surface area (TPSA) is 90.4 Å². The molecule has 0 aliphatic rings. The van der Waals surface area contributed by atoms with E-state index >= 15 is 0 Å². The van der Waals surface area contributed by atoms with E-state index in [4.69, 9.17) is 19.3 Å². The lowest BCUT2D eigenvalue weighted by molar-refractivity contribution is 0.364. The van der Waals surface area contributed by atoms with E-state index in [1.54, 1.807) is 14.0 Å². The summed E-state index contributed by atoms with van der Waals surface area (Å²) in [6.45, 7) is 9.81. The van der Waals surface area contributed by atoms with Gasteiger partial charge >= 0.3 is 0 Å². The molecule has 29 heavy (non-hydrogen) atoms. The van der Waals surface area contributed by atoms with Crippen LogP contribution in [0, 0.1) is 27.7 Å². The number of aryl methyl sites for hydroxylation is 4. The number of benzene rings is 1. The van der Waals surface area contributed by atoms with E-state index in [9.17, 15) is 0 Å². The summed E-state index contributed by atoms with van der Waals surface area (Å²) in [5, 5.41) is 12.1. The lowest BCUT2D eigenvalue weighted by atomic mass is 10.0. The molecular weight excluding hydrogens is 368 g/mol. The number of methoxy groups -OCH3 is 1. The second-order valence-corrected chi connectivity index (χ2v) is 7.21. The second-order valence-electron chi connectivity index (χ2n) is 7.21. The third-order valence-electron chi connectivity index (χ3n) is 4.87. The van der Waals surface area contributed by atoms with Crippen LogP contribution in [-0.4, -0.2) is 31.8 Å². The minimum Gasteiger partial charge on any atom is -0.497 e. The standard InChI is InChI=1S/C21H24N6O2/c1-11-9-16(28-6)7-8-17(11)19-13(3)25-27-18(10-12(2)22-20(19)27)23-14(4)21-24-15(5)26-29-21/h7-10,14,23H,1-6H3. The van der Waals surface area contributed by atoms with E-state index in [2.05, 4.69) is 28.4 Å². The number of rotatable bonds is 5. The monoisotopic (exact) mass is 392 g/mol. The van der Waals surface area contributed by atoms with Crippen LogP contribution < -0.4 is 10.1 Å². The fourth-order valence-corrected chi connectivity index (χ4v) is 3.48. The molecule has 3 aromatic heterocycles. The molecule has 1 atom stereocenters. The lowest BCUT2D eigenvalue weighted by Gasteiger charge is -2.13. The number of anilines is 1. The van der Waals surface area contributed by atoms with Crippen LogP contribution >= 0.6 is 0 Å². The molecule has 3 heterocycles. The molecule has 1 unspecified atom stereocenters. The summed E-state index contributed by atoms with van der Waals surface area (Å²) >= 11 is 0. The minimum atomic E-state index is -0.170. The summed E-state index contributed by atoms with van der Waals surface area (Å²) in [4.78, 5) is 9.09. The second kappa shape index (κ2) is 7.20. The molecule has 8 heteroatoms. The van der Waals surface area contributed by atoms with Crippen molar-refractivity contribution < 1.29 is 9.26 Å². The van der Waals surface area contributed by atoms with Crippen LogP contribution in [0.2, 0.25) is 0 Å². The summed E-state index contributed by atoms with van der Waals surface area (Å²) in [7, 11) is 1.67. The predicted molar refractivity (Wildman–Crippen MR) is 110 cm³/mol. The molecule has 8 nitrogen and oxygen atoms in total. The van der Waals surface area contributed by atoms with Gasteiger partial charge in [-0.15, -0.1) is 0 Å². The first-order valence-corrected chi connectivity index (χ1v) is 9.46. The van der Waals surface area contributed by atoms with Crippen LogP contribution in [0.15, 0.2) is 28.8 Å². The highest BCUT2D eigenvalue weighted by Crippen LogP contribution is 2.33. The van der Waals surface area contributed by atoms with Gasteiger partial charge in [-0.1, -0.05) is 11.2 Å². The Hall–Kier alpha value is -3.42. The maximum absolute atomic E-state index is 5.34. The molecule has 0 amide bonds. The number of aromatic nitrogens is 5. The largest absolute Gasteiger partial charge is 0.497 e. The van der Waals surface area contributed by atoms with Crippen molar-refractivity contribution in [3.8, 4) is 16.9 Å². The number of hydrogen-bond acceptors (Lipinski definition) is 7. The van der Waals surface area contributed by atoms with E-state index < -0.39 is 0 Å². The third kappa shape index (κ3) is 3.41. The molecule has 1 aromatic carbocycles. The molecular formula is C21H24N6O2. The van der Waals surface area contributed by atoms with Crippen molar-refractivity contribution >= 4 is 11.5 Å². The van der Waals surface area contributed by atoms with Gasteiger partial charge in [0.15, 0.2) is 11.5 Å². The summed E-state index contributed by atoms with van der Waals surface area (Å²) in [6, 6.07) is 7.83. The summed E-state index contributed by atoms with van der Waals surface area (Å²) in [5.74, 6) is 2.78. The predicted octanol–water partition coefficient (Wildman–Crippen LogP) is 4.19. The Balaban J connectivity index is 1.82. The van der Waals surface area contributed by atoms with Gasteiger partial charge in [0.25, 0.3) is 0 Å². The van der Waals surface area contributed by atoms with Gasteiger partial charge in [-0.05, 0) is 57.9 Å². The fraction of sp³-hybridized carbons (Fsp3) is 0.333. The highest BCUT2D eigenvalue weighted by Gasteiger charge is 2.20. The zero-order valence-corrected chi connectivity index (χ0v) is 17.4. The molecule has 0 fully saturated rings. The average molecular weight is 392 g/mol. The van der Waals surface area contributed by atoms with Crippen molar-refractivity contribution in [2.45, 2.75) is 40.7 Å². The molecule has 0 bridgehead atoms. The number of nitrogens with one attached hydrogen (secondary N) is 1. The fourth-order valence-electron chi connectivity index (χ4n) is 3.48. The molecule has 4 rings (SSSR count).